The molecule has 0 saturated heterocycles. The van der Waals surface area contributed by atoms with Crippen molar-refractivity contribution in [2.24, 2.45) is 0 Å². The van der Waals surface area contributed by atoms with Gasteiger partial charge >= 0.3 is 0 Å². The smallest absolute Gasteiger partial charge is 0.251 e. The van der Waals surface area contributed by atoms with Gasteiger partial charge in [0.25, 0.3) is 11.8 Å². The number of amides is 2. The van der Waals surface area contributed by atoms with Gasteiger partial charge in [-0.05, 0) is 66.9 Å². The Morgan fingerprint density at radius 3 is 2.14 bits per heavy atom. The van der Waals surface area contributed by atoms with Gasteiger partial charge in [-0.25, -0.2) is 21.6 Å². The van der Waals surface area contributed by atoms with Crippen LogP contribution in [0.4, 0.5) is 18.9 Å². The summed E-state index contributed by atoms with van der Waals surface area (Å²) in [6, 6.07) is 20.3. The maximum atomic E-state index is 14.4. The van der Waals surface area contributed by atoms with Crippen LogP contribution in [-0.4, -0.2) is 60.6 Å². The molecule has 1 aromatic heterocycles. The monoisotopic (exact) mass is 719 g/mol. The van der Waals surface area contributed by atoms with E-state index in [-0.39, 0.29) is 35.3 Å². The zero-order valence-corrected chi connectivity index (χ0v) is 28.7. The predicted octanol–water partition coefficient (Wildman–Crippen LogP) is 5.26. The number of sulfonamides is 1. The number of benzene rings is 4. The number of rotatable bonds is 13. The van der Waals surface area contributed by atoms with Crippen molar-refractivity contribution in [3.05, 3.63) is 143 Å². The second kappa shape index (κ2) is 15.6. The predicted molar refractivity (Wildman–Crippen MR) is 187 cm³/mol. The van der Waals surface area contributed by atoms with Gasteiger partial charge in [0.1, 0.15) is 17.5 Å². The summed E-state index contributed by atoms with van der Waals surface area (Å²) in [6.45, 7) is 1.58. The Kier molecular flexibility index (Phi) is 11.3. The third-order valence-corrected chi connectivity index (χ3v) is 9.56. The highest BCUT2D eigenvalue weighted by atomic mass is 32.2. The minimum Gasteiger partial charge on any atom is -0.389 e. The molecule has 0 aliphatic heterocycles. The van der Waals surface area contributed by atoms with E-state index in [1.54, 1.807) is 19.1 Å². The van der Waals surface area contributed by atoms with Gasteiger partial charge in [0.2, 0.25) is 10.0 Å². The standard InChI is InChI=1S/C37H36F3N5O5S/c1-23(25-9-11-29(38)12-10-25)42-36(47)26-16-27(18-31(17-26)44(2)51(3,49)50)37(48)43-34(15-24-7-5-4-6-8-24)35(46)22-45-21-28(20-41-45)32-14-13-30(39)19-33(32)40/h4-14,16-21,23,34-35,46H,15,22H2,1-3H3,(H,42,47)(H,43,48)/t23-,34+,35+/m1/s1. The Labute approximate surface area is 293 Å². The number of hydrogen-bond donors (Lipinski definition) is 3. The molecule has 3 N–H and O–H groups in total. The molecule has 0 bridgehead atoms. The molecule has 0 fully saturated rings. The average molecular weight is 720 g/mol. The van der Waals surface area contributed by atoms with E-state index in [1.165, 1.54) is 72.7 Å². The number of anilines is 1. The van der Waals surface area contributed by atoms with Crippen molar-refractivity contribution in [2.45, 2.75) is 38.1 Å². The molecule has 51 heavy (non-hydrogen) atoms. The number of hydrogen-bond acceptors (Lipinski definition) is 6. The first-order valence-corrected chi connectivity index (χ1v) is 17.7. The summed E-state index contributed by atoms with van der Waals surface area (Å²) >= 11 is 0. The molecule has 10 nitrogen and oxygen atoms in total. The Morgan fingerprint density at radius 1 is 0.882 bits per heavy atom. The second-order valence-electron chi connectivity index (χ2n) is 12.2. The van der Waals surface area contributed by atoms with Gasteiger partial charge in [0.05, 0.1) is 42.9 Å². The van der Waals surface area contributed by atoms with Crippen molar-refractivity contribution < 1.29 is 36.3 Å². The molecule has 266 valence electrons. The van der Waals surface area contributed by atoms with Crippen LogP contribution in [0.2, 0.25) is 0 Å². The first kappa shape index (κ1) is 36.8. The van der Waals surface area contributed by atoms with E-state index in [9.17, 15) is 36.3 Å². The van der Waals surface area contributed by atoms with E-state index in [1.807, 2.05) is 18.2 Å². The van der Waals surface area contributed by atoms with Crippen molar-refractivity contribution in [3.63, 3.8) is 0 Å². The third-order valence-electron chi connectivity index (χ3n) is 8.35. The van der Waals surface area contributed by atoms with Crippen molar-refractivity contribution in [3.8, 4) is 11.1 Å². The molecule has 5 rings (SSSR count). The summed E-state index contributed by atoms with van der Waals surface area (Å²) in [5.41, 5.74) is 1.86. The Balaban J connectivity index is 1.42. The molecule has 5 aromatic rings. The third kappa shape index (κ3) is 9.41. The van der Waals surface area contributed by atoms with Gasteiger partial charge < -0.3 is 15.7 Å². The Morgan fingerprint density at radius 2 is 1.51 bits per heavy atom. The minimum atomic E-state index is -3.80. The fourth-order valence-corrected chi connectivity index (χ4v) is 5.90. The molecule has 0 aliphatic carbocycles. The van der Waals surface area contributed by atoms with Crippen molar-refractivity contribution >= 4 is 27.5 Å². The number of nitrogens with one attached hydrogen (secondary N) is 2. The highest BCUT2D eigenvalue weighted by Crippen LogP contribution is 2.25. The lowest BCUT2D eigenvalue weighted by Crippen LogP contribution is -2.46. The minimum absolute atomic E-state index is 0.0145. The molecule has 4 aromatic carbocycles. The largest absolute Gasteiger partial charge is 0.389 e. The van der Waals surface area contributed by atoms with Crippen LogP contribution in [0.3, 0.4) is 0 Å². The van der Waals surface area contributed by atoms with Crippen LogP contribution >= 0.6 is 0 Å². The molecule has 0 radical (unpaired) electrons. The molecule has 2 amide bonds. The van der Waals surface area contributed by atoms with Crippen LogP contribution in [0.5, 0.6) is 0 Å². The van der Waals surface area contributed by atoms with E-state index in [4.69, 9.17) is 0 Å². The normalized spacial score (nSPS) is 13.2. The fourth-order valence-electron chi connectivity index (χ4n) is 5.41. The quantitative estimate of drug-likeness (QED) is 0.152. The molecule has 1 heterocycles. The maximum absolute atomic E-state index is 14.4. The number of aromatic nitrogens is 2. The van der Waals surface area contributed by atoms with Crippen molar-refractivity contribution in [1.82, 2.24) is 20.4 Å². The first-order chi connectivity index (χ1) is 24.2. The van der Waals surface area contributed by atoms with Gasteiger partial charge in [-0.1, -0.05) is 42.5 Å². The number of halogens is 3. The van der Waals surface area contributed by atoms with E-state index in [0.29, 0.717) is 11.1 Å². The van der Waals surface area contributed by atoms with Crippen molar-refractivity contribution in [1.29, 1.82) is 0 Å². The highest BCUT2D eigenvalue weighted by molar-refractivity contribution is 7.92. The number of nitrogens with zero attached hydrogens (tertiary/aromatic N) is 3. The molecule has 0 spiro atoms. The number of aliphatic hydroxyl groups excluding tert-OH is 1. The summed E-state index contributed by atoms with van der Waals surface area (Å²) < 4.78 is 68.6. The summed E-state index contributed by atoms with van der Waals surface area (Å²) in [6.07, 6.45) is 2.79. The van der Waals surface area contributed by atoms with Crippen LogP contribution in [0, 0.1) is 17.5 Å². The number of aliphatic hydroxyl groups is 1. The molecule has 14 heteroatoms. The van der Waals surface area contributed by atoms with Gasteiger partial charge in [0, 0.05) is 41.6 Å². The molecule has 0 aliphatic rings. The highest BCUT2D eigenvalue weighted by Gasteiger charge is 2.26. The van der Waals surface area contributed by atoms with Crippen LogP contribution in [0.1, 0.15) is 44.8 Å². The van der Waals surface area contributed by atoms with Gasteiger partial charge in [-0.3, -0.25) is 18.6 Å². The van der Waals surface area contributed by atoms with Crippen LogP contribution in [0.25, 0.3) is 11.1 Å². The zero-order chi connectivity index (χ0) is 36.9. The Bertz CT molecular complexity index is 2130. The number of carbonyl (C=O) groups is 2. The van der Waals surface area contributed by atoms with Gasteiger partial charge in [-0.2, -0.15) is 5.10 Å². The molecular formula is C37H36F3N5O5S. The summed E-state index contributed by atoms with van der Waals surface area (Å²) in [5, 5.41) is 21.3. The van der Waals surface area contributed by atoms with E-state index in [2.05, 4.69) is 15.7 Å². The van der Waals surface area contributed by atoms with Crippen LogP contribution in [-0.2, 0) is 23.0 Å². The summed E-state index contributed by atoms with van der Waals surface area (Å²) in [5.74, 6) is -3.24. The van der Waals surface area contributed by atoms with E-state index >= 15 is 0 Å². The fraction of sp³-hybridized carbons (Fsp3) is 0.216. The summed E-state index contributed by atoms with van der Waals surface area (Å²) in [4.78, 5) is 27.3. The first-order valence-electron chi connectivity index (χ1n) is 15.8. The second-order valence-corrected chi connectivity index (χ2v) is 14.2. The molecule has 0 unspecified atom stereocenters. The van der Waals surface area contributed by atoms with Crippen LogP contribution in [0.15, 0.2) is 103 Å². The number of carbonyl (C=O) groups excluding carboxylic acids is 2. The molecule has 3 atom stereocenters. The van der Waals surface area contributed by atoms with Gasteiger partial charge in [-0.15, -0.1) is 0 Å². The van der Waals surface area contributed by atoms with Crippen LogP contribution < -0.4 is 14.9 Å². The van der Waals surface area contributed by atoms with Gasteiger partial charge in [0.15, 0.2) is 0 Å². The maximum Gasteiger partial charge on any atom is 0.251 e. The molecular weight excluding hydrogens is 683 g/mol. The lowest BCUT2D eigenvalue weighted by atomic mass is 10.00. The van der Waals surface area contributed by atoms with E-state index in [0.717, 1.165) is 28.3 Å². The molecule has 0 saturated carbocycles. The SMILES string of the molecule is C[C@@H](NC(=O)c1cc(C(=O)N[C@@H](Cc2ccccc2)[C@@H](O)Cn2cc(-c3ccc(F)cc3F)cn2)cc(N(C)S(C)(=O)=O)c1)c1ccc(F)cc1. The average Bonchev–Trinajstić information content (AvgIpc) is 3.55. The Hall–Kier alpha value is -5.47. The topological polar surface area (TPSA) is 134 Å². The lowest BCUT2D eigenvalue weighted by molar-refractivity contribution is 0.0780. The van der Waals surface area contributed by atoms with E-state index < -0.39 is 57.5 Å². The summed E-state index contributed by atoms with van der Waals surface area (Å²) in [7, 11) is -2.52. The zero-order valence-electron chi connectivity index (χ0n) is 27.9. The van der Waals surface area contributed by atoms with Crippen molar-refractivity contribution in [2.75, 3.05) is 17.6 Å². The lowest BCUT2D eigenvalue weighted by Gasteiger charge is -2.25.